The maximum atomic E-state index is 10.9. The van der Waals surface area contributed by atoms with E-state index in [0.717, 1.165) is 62.7 Å². The van der Waals surface area contributed by atoms with Crippen LogP contribution in [0.15, 0.2) is 24.3 Å². The molecule has 4 aliphatic carbocycles. The predicted octanol–water partition coefficient (Wildman–Crippen LogP) is -2.21. The number of hydrogen-bond acceptors (Lipinski definition) is 18. The van der Waals surface area contributed by atoms with Crippen molar-refractivity contribution >= 4 is 0 Å². The third-order valence-corrected chi connectivity index (χ3v) is 17.3. The van der Waals surface area contributed by atoms with Crippen LogP contribution in [0.4, 0.5) is 0 Å². The number of ether oxygens (including phenoxy) is 6. The molecule has 0 radical (unpaired) electrons. The number of hydrogen-bond donors (Lipinski definition) is 10. The number of benzene rings is 2. The third-order valence-electron chi connectivity index (χ3n) is 17.3. The van der Waals surface area contributed by atoms with Gasteiger partial charge in [-0.2, -0.15) is 0 Å². The monoisotopic (exact) mass is 898 g/mol. The maximum absolute atomic E-state index is 10.9. The molecule has 10 aliphatic rings. The van der Waals surface area contributed by atoms with Gasteiger partial charge < -0.3 is 89.3 Å². The quantitative estimate of drug-likeness (QED) is 0.147. The average Bonchev–Trinajstić information content (AvgIpc) is 3.84. The van der Waals surface area contributed by atoms with Gasteiger partial charge in [-0.1, -0.05) is 12.1 Å². The minimum Gasteiger partial charge on any atom is -0.483 e. The van der Waals surface area contributed by atoms with Crippen LogP contribution in [-0.4, -0.2) is 199 Å². The number of nitrogens with zero attached hydrogens (tertiary/aromatic N) is 2. The largest absolute Gasteiger partial charge is 0.483 e. The Morgan fingerprint density at radius 1 is 0.562 bits per heavy atom. The lowest BCUT2D eigenvalue weighted by Crippen LogP contribution is -2.66. The van der Waals surface area contributed by atoms with Gasteiger partial charge in [0.2, 0.25) is 12.6 Å². The normalized spacial score (nSPS) is 47.0. The Bertz CT molecular complexity index is 1970. The summed E-state index contributed by atoms with van der Waals surface area (Å²) >= 11 is 0. The first-order valence-electron chi connectivity index (χ1n) is 23.1. The lowest BCUT2D eigenvalue weighted by molar-refractivity contribution is -0.277. The van der Waals surface area contributed by atoms with Crippen LogP contribution in [0.1, 0.15) is 60.8 Å². The van der Waals surface area contributed by atoms with E-state index in [0.29, 0.717) is 59.8 Å². The van der Waals surface area contributed by atoms with E-state index >= 15 is 0 Å². The molecule has 18 heteroatoms. The Kier molecular flexibility index (Phi) is 10.8. The van der Waals surface area contributed by atoms with Crippen LogP contribution in [0.2, 0.25) is 0 Å². The second-order valence-corrected chi connectivity index (χ2v) is 20.1. The van der Waals surface area contributed by atoms with Crippen LogP contribution in [0.3, 0.4) is 0 Å². The lowest BCUT2D eigenvalue weighted by atomic mass is 9.51. The maximum Gasteiger partial charge on any atom is 0.229 e. The molecule has 18 nitrogen and oxygen atoms in total. The molecule has 2 aromatic rings. The number of likely N-dealkylation sites (tertiary alicyclic amines) is 2. The van der Waals surface area contributed by atoms with Crippen molar-refractivity contribution in [2.45, 2.75) is 160 Å². The molecule has 2 aromatic carbocycles. The van der Waals surface area contributed by atoms with Crippen LogP contribution < -0.4 is 18.9 Å². The van der Waals surface area contributed by atoms with E-state index in [9.17, 15) is 51.1 Å². The van der Waals surface area contributed by atoms with Gasteiger partial charge in [-0.25, -0.2) is 0 Å². The van der Waals surface area contributed by atoms with Gasteiger partial charge in [-0.05, 0) is 114 Å². The standard InChI is InChI=1S/2C23H31NO8/c2*1-24-7-6-23-11-3-4-13(26)21(23)32-20-14(5-2-10(16(20)23)8-12(11)24)30-22-19(29)18(28)17(27)15(9-25)31-22/h2*2,5,11-13,15,17-19,21-22,25-29H,3-4,6-9H2,1H3/t2*11-,12+,13-,15+,17+,18-,19+,21-,22?,23-/m00/s1. The molecule has 4 saturated heterocycles. The van der Waals surface area contributed by atoms with E-state index in [1.54, 1.807) is 12.1 Å². The number of aliphatic hydroxyl groups excluding tert-OH is 10. The zero-order chi connectivity index (χ0) is 44.7. The van der Waals surface area contributed by atoms with E-state index < -0.39 is 86.8 Å². The minimum absolute atomic E-state index is 0.257. The molecule has 4 bridgehead atoms. The van der Waals surface area contributed by atoms with Gasteiger partial charge in [0.25, 0.3) is 0 Å². The third kappa shape index (κ3) is 6.08. The second kappa shape index (κ2) is 15.8. The smallest absolute Gasteiger partial charge is 0.229 e. The van der Waals surface area contributed by atoms with Gasteiger partial charge in [0.05, 0.1) is 25.4 Å². The highest BCUT2D eigenvalue weighted by atomic mass is 16.7. The fraction of sp³-hybridized carbons (Fsp3) is 0.739. The summed E-state index contributed by atoms with van der Waals surface area (Å²) in [5.74, 6) is 2.70. The highest BCUT2D eigenvalue weighted by Crippen LogP contribution is 2.65. The van der Waals surface area contributed by atoms with Crippen molar-refractivity contribution in [2.24, 2.45) is 11.8 Å². The molecule has 20 atom stereocenters. The highest BCUT2D eigenvalue weighted by Gasteiger charge is 2.67. The summed E-state index contributed by atoms with van der Waals surface area (Å²) in [6, 6.07) is 8.44. The van der Waals surface area contributed by atoms with Crippen molar-refractivity contribution in [1.82, 2.24) is 9.80 Å². The second-order valence-electron chi connectivity index (χ2n) is 20.1. The Morgan fingerprint density at radius 2 is 0.969 bits per heavy atom. The first-order chi connectivity index (χ1) is 30.7. The van der Waals surface area contributed by atoms with Gasteiger partial charge in [0.1, 0.15) is 61.0 Å². The van der Waals surface area contributed by atoms with Crippen LogP contribution in [0.5, 0.6) is 23.0 Å². The van der Waals surface area contributed by atoms with E-state index in [1.165, 1.54) is 11.1 Å². The molecule has 2 unspecified atom stereocenters. The summed E-state index contributed by atoms with van der Waals surface area (Å²) in [6.45, 7) is 0.827. The van der Waals surface area contributed by atoms with Crippen molar-refractivity contribution in [3.63, 3.8) is 0 Å². The molecule has 2 saturated carbocycles. The molecule has 0 amide bonds. The molecule has 64 heavy (non-hydrogen) atoms. The van der Waals surface area contributed by atoms with Crippen molar-refractivity contribution in [1.29, 1.82) is 0 Å². The van der Waals surface area contributed by atoms with Crippen molar-refractivity contribution < 1.29 is 79.5 Å². The number of piperidine rings is 2. The van der Waals surface area contributed by atoms with Crippen LogP contribution >= 0.6 is 0 Å². The highest BCUT2D eigenvalue weighted by molar-refractivity contribution is 5.62. The Labute approximate surface area is 370 Å². The Balaban J connectivity index is 0.000000143. The molecule has 0 aromatic heterocycles. The fourth-order valence-corrected chi connectivity index (χ4v) is 14.2. The number of rotatable bonds is 6. The van der Waals surface area contributed by atoms with E-state index in [1.807, 2.05) is 12.1 Å². The number of aliphatic hydroxyl groups is 10. The molecule has 6 fully saturated rings. The summed E-state index contributed by atoms with van der Waals surface area (Å²) in [4.78, 5) is 4.87. The molecular weight excluding hydrogens is 837 g/mol. The van der Waals surface area contributed by atoms with E-state index in [4.69, 9.17) is 28.4 Å². The summed E-state index contributed by atoms with van der Waals surface area (Å²) < 4.78 is 36.0. The van der Waals surface area contributed by atoms with Crippen LogP contribution in [0.25, 0.3) is 0 Å². The lowest BCUT2D eigenvalue weighted by Gasteiger charge is -2.58. The Hall–Kier alpha value is -2.92. The van der Waals surface area contributed by atoms with Crippen molar-refractivity contribution in [2.75, 3.05) is 40.4 Å². The SMILES string of the molecule is CN1CC[C@]23c4c5ccc(OC6O[C@H](CO)[C@@H](O)[C@H](O)[C@H]6O)c4O[C@H]2[C@@H](O)CC[C@H]3[C@H]1C5.CN1CC[C@]23c4c5ccc(OC6O[C@H](CO)[C@@H](O)[C@H](O)[C@H]6O)c4O[C@H]2[C@@H](O)CC[C@H]3[C@H]1C5. The zero-order valence-electron chi connectivity index (χ0n) is 36.0. The first kappa shape index (κ1) is 43.6. The van der Waals surface area contributed by atoms with Gasteiger partial charge >= 0.3 is 0 Å². The summed E-state index contributed by atoms with van der Waals surface area (Å²) in [7, 11) is 4.35. The van der Waals surface area contributed by atoms with Gasteiger partial charge in [-0.3, -0.25) is 0 Å². The summed E-state index contributed by atoms with van der Waals surface area (Å²) in [5.41, 5.74) is 4.10. The molecule has 12 rings (SSSR count). The van der Waals surface area contributed by atoms with Gasteiger partial charge in [0.15, 0.2) is 23.0 Å². The summed E-state index contributed by atoms with van der Waals surface area (Å²) in [5, 5.41) is 102. The first-order valence-corrected chi connectivity index (χ1v) is 23.1. The summed E-state index contributed by atoms with van der Waals surface area (Å²) in [6.07, 6.45) is -8.44. The van der Waals surface area contributed by atoms with Crippen molar-refractivity contribution in [3.05, 3.63) is 46.5 Å². The van der Waals surface area contributed by atoms with Gasteiger partial charge in [-0.15, -0.1) is 0 Å². The van der Waals surface area contributed by atoms with E-state index in [-0.39, 0.29) is 23.0 Å². The average molecular weight is 899 g/mol. The van der Waals surface area contributed by atoms with Crippen molar-refractivity contribution in [3.8, 4) is 23.0 Å². The minimum atomic E-state index is -1.51. The van der Waals surface area contributed by atoms with Crippen LogP contribution in [0, 0.1) is 11.8 Å². The molecule has 2 spiro atoms. The van der Waals surface area contributed by atoms with E-state index in [2.05, 4.69) is 23.9 Å². The molecule has 10 N–H and O–H groups in total. The van der Waals surface area contributed by atoms with Gasteiger partial charge in [0, 0.05) is 34.0 Å². The number of likely N-dealkylation sites (N-methyl/N-ethyl adjacent to an activating group) is 2. The Morgan fingerprint density at radius 3 is 1.36 bits per heavy atom. The molecule has 6 aliphatic heterocycles. The fourth-order valence-electron chi connectivity index (χ4n) is 14.2. The topological polar surface area (TPSA) is 264 Å². The molecule has 352 valence electrons. The molecule has 6 heterocycles. The van der Waals surface area contributed by atoms with Crippen LogP contribution in [-0.2, 0) is 33.1 Å². The predicted molar refractivity (Wildman–Crippen MR) is 221 cm³/mol. The molecular formula is C46H62N2O16. The zero-order valence-corrected chi connectivity index (χ0v) is 36.0.